The lowest BCUT2D eigenvalue weighted by Gasteiger charge is -2.30. The van der Waals surface area contributed by atoms with Crippen LogP contribution in [0, 0.1) is 12.8 Å². The number of fused-ring (bicyclic) bond motifs is 1. The van der Waals surface area contributed by atoms with E-state index in [1.165, 1.54) is 4.31 Å². The molecule has 0 spiro atoms. The van der Waals surface area contributed by atoms with E-state index in [1.807, 2.05) is 43.3 Å². The highest BCUT2D eigenvalue weighted by Crippen LogP contribution is 2.24. The van der Waals surface area contributed by atoms with Crippen LogP contribution in [0.5, 0.6) is 5.75 Å². The van der Waals surface area contributed by atoms with E-state index in [9.17, 15) is 18.0 Å². The highest BCUT2D eigenvalue weighted by Gasteiger charge is 2.32. The Kier molecular flexibility index (Phi) is 7.37. The van der Waals surface area contributed by atoms with Crippen molar-refractivity contribution in [3.8, 4) is 5.75 Å². The summed E-state index contributed by atoms with van der Waals surface area (Å²) in [5.74, 6) is -0.661. The maximum Gasteiger partial charge on any atom is 0.279 e. The third-order valence-corrected chi connectivity index (χ3v) is 8.11. The summed E-state index contributed by atoms with van der Waals surface area (Å²) in [6.45, 7) is 3.98. The maximum atomic E-state index is 12.8. The molecule has 0 radical (unpaired) electrons. The topological polar surface area (TPSA) is 105 Å². The van der Waals surface area contributed by atoms with Gasteiger partial charge < -0.3 is 4.74 Å². The molecule has 2 amide bonds. The lowest BCUT2D eigenvalue weighted by Crippen LogP contribution is -2.50. The number of hydrazine groups is 1. The number of carbonyl (C=O) groups excluding carboxylic acids is 2. The van der Waals surface area contributed by atoms with Crippen molar-refractivity contribution in [3.63, 3.8) is 0 Å². The van der Waals surface area contributed by atoms with E-state index >= 15 is 0 Å². The van der Waals surface area contributed by atoms with Gasteiger partial charge in [-0.1, -0.05) is 48.0 Å². The van der Waals surface area contributed by atoms with Gasteiger partial charge in [0.2, 0.25) is 15.9 Å². The van der Waals surface area contributed by atoms with E-state index in [0.29, 0.717) is 18.6 Å². The highest BCUT2D eigenvalue weighted by atomic mass is 32.2. The van der Waals surface area contributed by atoms with Crippen LogP contribution in [0.2, 0.25) is 0 Å². The number of ether oxygens (including phenoxy) is 1. The molecule has 1 atom stereocenters. The van der Waals surface area contributed by atoms with Crippen molar-refractivity contribution in [1.29, 1.82) is 0 Å². The summed E-state index contributed by atoms with van der Waals surface area (Å²) in [5, 5.41) is 2.07. The van der Waals surface area contributed by atoms with Gasteiger partial charge in [0, 0.05) is 19.0 Å². The summed E-state index contributed by atoms with van der Waals surface area (Å²) in [4.78, 5) is 25.2. The second-order valence-corrected chi connectivity index (χ2v) is 10.7. The molecule has 9 heteroatoms. The molecule has 4 rings (SSSR count). The standard InChI is InChI=1S/C26H29N3O5S/c1-18-7-11-24(12-8-18)35(32,33)29-15-13-21(14-16-29)26(31)28-27-25(30)19(2)34-23-10-9-20-5-3-4-6-22(20)17-23/h3-12,17,19,21H,13-16H2,1-2H3,(H,27,30)(H,28,31). The van der Waals surface area contributed by atoms with E-state index in [1.54, 1.807) is 37.3 Å². The van der Waals surface area contributed by atoms with Crippen LogP contribution in [0.1, 0.15) is 25.3 Å². The minimum absolute atomic E-state index is 0.240. The number of hydrogen-bond acceptors (Lipinski definition) is 5. The quantitative estimate of drug-likeness (QED) is 0.511. The lowest BCUT2D eigenvalue weighted by molar-refractivity contribution is -0.134. The van der Waals surface area contributed by atoms with Crippen LogP contribution in [0.4, 0.5) is 0 Å². The van der Waals surface area contributed by atoms with Crippen molar-refractivity contribution in [2.24, 2.45) is 5.92 Å². The Hall–Kier alpha value is -3.43. The smallest absolute Gasteiger partial charge is 0.279 e. The van der Waals surface area contributed by atoms with E-state index < -0.39 is 28.0 Å². The van der Waals surface area contributed by atoms with Crippen LogP contribution in [0.3, 0.4) is 0 Å². The van der Waals surface area contributed by atoms with E-state index in [4.69, 9.17) is 4.74 Å². The first-order valence-corrected chi connectivity index (χ1v) is 13.0. The normalized spacial score (nSPS) is 15.9. The molecule has 0 aliphatic carbocycles. The van der Waals surface area contributed by atoms with Crippen LogP contribution >= 0.6 is 0 Å². The molecule has 1 unspecified atom stereocenters. The third kappa shape index (κ3) is 5.80. The summed E-state index contributed by atoms with van der Waals surface area (Å²) in [6, 6.07) is 20.1. The Morgan fingerprint density at radius 2 is 1.60 bits per heavy atom. The SMILES string of the molecule is Cc1ccc(S(=O)(=O)N2CCC(C(=O)NNC(=O)C(C)Oc3ccc4ccccc4c3)CC2)cc1. The van der Waals surface area contributed by atoms with Crippen LogP contribution < -0.4 is 15.6 Å². The first kappa shape index (κ1) is 24.7. The average Bonchev–Trinajstić information content (AvgIpc) is 2.87. The van der Waals surface area contributed by atoms with Gasteiger partial charge in [-0.05, 0) is 61.7 Å². The van der Waals surface area contributed by atoms with Crippen molar-refractivity contribution >= 4 is 32.6 Å². The third-order valence-electron chi connectivity index (χ3n) is 6.20. The van der Waals surface area contributed by atoms with Gasteiger partial charge in [-0.25, -0.2) is 8.42 Å². The molecule has 3 aromatic rings. The fraction of sp³-hybridized carbons (Fsp3) is 0.308. The van der Waals surface area contributed by atoms with Gasteiger partial charge in [0.15, 0.2) is 6.10 Å². The van der Waals surface area contributed by atoms with Gasteiger partial charge >= 0.3 is 0 Å². The monoisotopic (exact) mass is 495 g/mol. The molecule has 1 fully saturated rings. The second kappa shape index (κ2) is 10.5. The van der Waals surface area contributed by atoms with E-state index in [-0.39, 0.29) is 23.9 Å². The number of carbonyl (C=O) groups is 2. The zero-order valence-corrected chi connectivity index (χ0v) is 20.5. The van der Waals surface area contributed by atoms with Gasteiger partial charge in [-0.15, -0.1) is 0 Å². The van der Waals surface area contributed by atoms with Gasteiger partial charge in [-0.3, -0.25) is 20.4 Å². The minimum atomic E-state index is -3.59. The predicted molar refractivity (Wildman–Crippen MR) is 133 cm³/mol. The predicted octanol–water partition coefficient (Wildman–Crippen LogP) is 3.16. The number of hydrogen-bond donors (Lipinski definition) is 2. The molecule has 1 aliphatic rings. The minimum Gasteiger partial charge on any atom is -0.481 e. The Morgan fingerprint density at radius 3 is 2.29 bits per heavy atom. The summed E-state index contributed by atoms with van der Waals surface area (Å²) >= 11 is 0. The molecule has 35 heavy (non-hydrogen) atoms. The highest BCUT2D eigenvalue weighted by molar-refractivity contribution is 7.89. The molecule has 184 valence electrons. The molecular weight excluding hydrogens is 466 g/mol. The summed E-state index contributed by atoms with van der Waals surface area (Å²) < 4.78 is 32.8. The molecule has 2 N–H and O–H groups in total. The first-order chi connectivity index (χ1) is 16.7. The van der Waals surface area contributed by atoms with Crippen molar-refractivity contribution < 1.29 is 22.7 Å². The summed E-state index contributed by atoms with van der Waals surface area (Å²) in [6.07, 6.45) is -0.0794. The number of rotatable bonds is 6. The molecule has 1 heterocycles. The van der Waals surface area contributed by atoms with Crippen molar-refractivity contribution in [3.05, 3.63) is 72.3 Å². The van der Waals surface area contributed by atoms with E-state index in [2.05, 4.69) is 10.9 Å². The second-order valence-electron chi connectivity index (χ2n) is 8.74. The Bertz CT molecular complexity index is 1320. The maximum absolute atomic E-state index is 12.8. The summed E-state index contributed by atoms with van der Waals surface area (Å²) in [7, 11) is -3.59. The van der Waals surface area contributed by atoms with Crippen molar-refractivity contribution in [2.75, 3.05) is 13.1 Å². The van der Waals surface area contributed by atoms with Crippen LogP contribution in [0.25, 0.3) is 10.8 Å². The molecule has 0 bridgehead atoms. The fourth-order valence-electron chi connectivity index (χ4n) is 4.04. The summed E-state index contributed by atoms with van der Waals surface area (Å²) in [5.41, 5.74) is 5.85. The number of amides is 2. The van der Waals surface area contributed by atoms with Gasteiger partial charge in [-0.2, -0.15) is 4.31 Å². The lowest BCUT2D eigenvalue weighted by atomic mass is 9.98. The average molecular weight is 496 g/mol. The molecule has 8 nitrogen and oxygen atoms in total. The number of piperidine rings is 1. The van der Waals surface area contributed by atoms with Crippen molar-refractivity contribution in [1.82, 2.24) is 15.2 Å². The molecular formula is C26H29N3O5S. The number of aryl methyl sites for hydroxylation is 1. The van der Waals surface area contributed by atoms with Crippen LogP contribution in [0.15, 0.2) is 71.6 Å². The molecule has 1 aliphatic heterocycles. The Morgan fingerprint density at radius 1 is 0.943 bits per heavy atom. The van der Waals surface area contributed by atoms with Gasteiger partial charge in [0.25, 0.3) is 5.91 Å². The first-order valence-electron chi connectivity index (χ1n) is 11.6. The van der Waals surface area contributed by atoms with E-state index in [0.717, 1.165) is 16.3 Å². The van der Waals surface area contributed by atoms with Gasteiger partial charge in [0.1, 0.15) is 5.75 Å². The number of nitrogens with one attached hydrogen (secondary N) is 2. The molecule has 0 aromatic heterocycles. The Labute approximate surface area is 205 Å². The number of benzene rings is 3. The van der Waals surface area contributed by atoms with Crippen molar-refractivity contribution in [2.45, 2.75) is 37.7 Å². The molecule has 3 aromatic carbocycles. The van der Waals surface area contributed by atoms with Crippen LogP contribution in [-0.4, -0.2) is 43.7 Å². The molecule has 0 saturated carbocycles. The fourth-order valence-corrected chi connectivity index (χ4v) is 5.51. The van der Waals surface area contributed by atoms with Crippen LogP contribution in [-0.2, 0) is 19.6 Å². The molecule has 1 saturated heterocycles. The van der Waals surface area contributed by atoms with Gasteiger partial charge in [0.05, 0.1) is 4.90 Å². The Balaban J connectivity index is 1.25. The number of sulfonamides is 1. The number of nitrogens with zero attached hydrogens (tertiary/aromatic N) is 1. The zero-order valence-electron chi connectivity index (χ0n) is 19.7. The zero-order chi connectivity index (χ0) is 25.0. The largest absolute Gasteiger partial charge is 0.481 e.